The van der Waals surface area contributed by atoms with Gasteiger partial charge in [-0.3, -0.25) is 4.90 Å². The van der Waals surface area contributed by atoms with Gasteiger partial charge in [0.05, 0.1) is 25.9 Å². The van der Waals surface area contributed by atoms with Crippen molar-refractivity contribution < 1.29 is 13.9 Å². The van der Waals surface area contributed by atoms with Crippen molar-refractivity contribution in [3.05, 3.63) is 0 Å². The van der Waals surface area contributed by atoms with E-state index >= 15 is 0 Å². The van der Waals surface area contributed by atoms with E-state index in [-0.39, 0.29) is 0 Å². The molecule has 0 bridgehead atoms. The number of halogens is 1. The van der Waals surface area contributed by atoms with E-state index < -0.39 is 5.67 Å². The summed E-state index contributed by atoms with van der Waals surface area (Å²) >= 11 is 0. The van der Waals surface area contributed by atoms with Crippen LogP contribution in [-0.2, 0) is 9.47 Å². The van der Waals surface area contributed by atoms with E-state index in [9.17, 15) is 4.39 Å². The van der Waals surface area contributed by atoms with E-state index in [1.807, 2.05) is 6.92 Å². The van der Waals surface area contributed by atoms with Crippen molar-refractivity contribution in [3.63, 3.8) is 0 Å². The van der Waals surface area contributed by atoms with E-state index in [2.05, 4.69) is 18.7 Å². The molecule has 1 aliphatic heterocycles. The summed E-state index contributed by atoms with van der Waals surface area (Å²) in [7, 11) is 0. The number of hydrogen-bond donors (Lipinski definition) is 0. The minimum atomic E-state index is -0.931. The molecule has 4 heteroatoms. The Morgan fingerprint density at radius 2 is 1.94 bits per heavy atom. The highest BCUT2D eigenvalue weighted by molar-refractivity contribution is 4.94. The van der Waals surface area contributed by atoms with E-state index in [0.29, 0.717) is 45.4 Å². The lowest BCUT2D eigenvalue weighted by atomic mass is 9.94. The fraction of sp³-hybridized carbons (Fsp3) is 1.00. The first-order valence-electron chi connectivity index (χ1n) is 6.70. The normalized spacial score (nSPS) is 21.2. The molecule has 1 saturated heterocycles. The van der Waals surface area contributed by atoms with Gasteiger partial charge in [-0.2, -0.15) is 0 Å². The number of hydrogen-bond acceptors (Lipinski definition) is 3. The third-order valence-corrected chi connectivity index (χ3v) is 3.40. The largest absolute Gasteiger partial charge is 0.378 e. The topological polar surface area (TPSA) is 21.7 Å². The maximum absolute atomic E-state index is 13.5. The van der Waals surface area contributed by atoms with E-state index in [1.165, 1.54) is 0 Å². The van der Waals surface area contributed by atoms with Crippen LogP contribution in [0.4, 0.5) is 4.39 Å². The van der Waals surface area contributed by atoms with Gasteiger partial charge in [-0.15, -0.1) is 0 Å². The number of nitrogens with zero attached hydrogens (tertiary/aromatic N) is 1. The Morgan fingerprint density at radius 3 is 2.53 bits per heavy atom. The fourth-order valence-corrected chi connectivity index (χ4v) is 1.86. The number of ether oxygens (including phenoxy) is 2. The summed E-state index contributed by atoms with van der Waals surface area (Å²) in [6.07, 6.45) is 1.96. The number of likely N-dealkylation sites (tertiary alicyclic amines) is 1. The van der Waals surface area contributed by atoms with Gasteiger partial charge >= 0.3 is 0 Å². The minimum Gasteiger partial charge on any atom is -0.378 e. The maximum atomic E-state index is 13.5. The molecule has 1 aliphatic rings. The lowest BCUT2D eigenvalue weighted by Gasteiger charge is -2.44. The molecule has 0 aromatic rings. The molecule has 1 rings (SSSR count). The van der Waals surface area contributed by atoms with Gasteiger partial charge in [0, 0.05) is 19.6 Å². The van der Waals surface area contributed by atoms with Crippen LogP contribution in [0.25, 0.3) is 0 Å². The van der Waals surface area contributed by atoms with Crippen LogP contribution < -0.4 is 0 Å². The van der Waals surface area contributed by atoms with Crippen molar-refractivity contribution in [1.82, 2.24) is 4.90 Å². The van der Waals surface area contributed by atoms with E-state index in [0.717, 1.165) is 13.0 Å². The molecular weight excluding hydrogens is 221 g/mol. The summed E-state index contributed by atoms with van der Waals surface area (Å²) in [6, 6.07) is 0. The predicted molar refractivity (Wildman–Crippen MR) is 67.1 cm³/mol. The first-order valence-corrected chi connectivity index (χ1v) is 6.70. The van der Waals surface area contributed by atoms with Crippen molar-refractivity contribution in [1.29, 1.82) is 0 Å². The van der Waals surface area contributed by atoms with E-state index in [4.69, 9.17) is 9.47 Å². The molecular formula is C13H26FNO2. The Morgan fingerprint density at radius 1 is 1.24 bits per heavy atom. The number of alkyl halides is 1. The van der Waals surface area contributed by atoms with Gasteiger partial charge < -0.3 is 9.47 Å². The second kappa shape index (κ2) is 7.29. The molecule has 1 unspecified atom stereocenters. The average molecular weight is 247 g/mol. The van der Waals surface area contributed by atoms with Gasteiger partial charge in [0.15, 0.2) is 0 Å². The Kier molecular flexibility index (Phi) is 6.38. The Bertz CT molecular complexity index is 208. The first kappa shape index (κ1) is 14.9. The highest BCUT2D eigenvalue weighted by atomic mass is 19.1. The predicted octanol–water partition coefficient (Wildman–Crippen LogP) is 2.25. The molecule has 0 aromatic heterocycles. The van der Waals surface area contributed by atoms with Crippen LogP contribution in [0.15, 0.2) is 0 Å². The highest BCUT2D eigenvalue weighted by Gasteiger charge is 2.41. The second-order valence-electron chi connectivity index (χ2n) is 4.92. The van der Waals surface area contributed by atoms with E-state index in [1.54, 1.807) is 0 Å². The van der Waals surface area contributed by atoms with Crippen LogP contribution in [0.2, 0.25) is 0 Å². The first-order chi connectivity index (χ1) is 8.09. The Hall–Kier alpha value is -0.190. The third kappa shape index (κ3) is 5.32. The maximum Gasteiger partial charge on any atom is 0.136 e. The summed E-state index contributed by atoms with van der Waals surface area (Å²) in [5, 5.41) is 0. The molecule has 1 heterocycles. The standard InChI is InChI=1S/C13H26FNO2/c1-4-12(3)17-9-8-16-7-6-15-10-13(14,5-2)11-15/h12H,4-11H2,1-3H3. The van der Waals surface area contributed by atoms with Gasteiger partial charge in [0.25, 0.3) is 0 Å². The lowest BCUT2D eigenvalue weighted by Crippen LogP contribution is -2.59. The quantitative estimate of drug-likeness (QED) is 0.583. The zero-order chi connectivity index (χ0) is 12.7. The van der Waals surface area contributed by atoms with Crippen LogP contribution in [-0.4, -0.2) is 56.1 Å². The smallest absolute Gasteiger partial charge is 0.136 e. The molecule has 17 heavy (non-hydrogen) atoms. The lowest BCUT2D eigenvalue weighted by molar-refractivity contribution is -0.0524. The summed E-state index contributed by atoms with van der Waals surface area (Å²) < 4.78 is 24.5. The van der Waals surface area contributed by atoms with Crippen LogP contribution in [0.3, 0.4) is 0 Å². The van der Waals surface area contributed by atoms with Crippen LogP contribution >= 0.6 is 0 Å². The number of rotatable bonds is 9. The molecule has 102 valence electrons. The van der Waals surface area contributed by atoms with Gasteiger partial charge in [-0.1, -0.05) is 13.8 Å². The zero-order valence-corrected chi connectivity index (χ0v) is 11.4. The van der Waals surface area contributed by atoms with Crippen LogP contribution in [0.1, 0.15) is 33.6 Å². The van der Waals surface area contributed by atoms with Crippen molar-refractivity contribution in [2.24, 2.45) is 0 Å². The zero-order valence-electron chi connectivity index (χ0n) is 11.4. The van der Waals surface area contributed by atoms with Crippen LogP contribution in [0.5, 0.6) is 0 Å². The molecule has 0 aromatic carbocycles. The monoisotopic (exact) mass is 247 g/mol. The molecule has 1 atom stereocenters. The summed E-state index contributed by atoms with van der Waals surface area (Å²) in [5.41, 5.74) is -0.931. The third-order valence-electron chi connectivity index (χ3n) is 3.40. The van der Waals surface area contributed by atoms with Crippen molar-refractivity contribution in [2.75, 3.05) is 39.5 Å². The average Bonchev–Trinajstić information content (AvgIpc) is 2.30. The molecule has 0 amide bonds. The van der Waals surface area contributed by atoms with Crippen molar-refractivity contribution >= 4 is 0 Å². The van der Waals surface area contributed by atoms with Gasteiger partial charge in [-0.05, 0) is 19.8 Å². The van der Waals surface area contributed by atoms with Crippen molar-refractivity contribution in [2.45, 2.75) is 45.4 Å². The Labute approximate surface area is 104 Å². The molecule has 1 fully saturated rings. The van der Waals surface area contributed by atoms with Crippen molar-refractivity contribution in [3.8, 4) is 0 Å². The fourth-order valence-electron chi connectivity index (χ4n) is 1.86. The molecule has 0 N–H and O–H groups in total. The Balaban J connectivity index is 1.86. The SMILES string of the molecule is CCC(C)OCCOCCN1CC(F)(CC)C1. The molecule has 3 nitrogen and oxygen atoms in total. The minimum absolute atomic E-state index is 0.311. The molecule has 0 spiro atoms. The van der Waals surface area contributed by atoms with Crippen LogP contribution in [0, 0.1) is 0 Å². The summed E-state index contributed by atoms with van der Waals surface area (Å²) in [5.74, 6) is 0. The molecule has 0 saturated carbocycles. The summed E-state index contributed by atoms with van der Waals surface area (Å²) in [4.78, 5) is 2.10. The second-order valence-corrected chi connectivity index (χ2v) is 4.92. The summed E-state index contributed by atoms with van der Waals surface area (Å²) in [6.45, 7) is 9.98. The van der Waals surface area contributed by atoms with Gasteiger partial charge in [-0.25, -0.2) is 4.39 Å². The van der Waals surface area contributed by atoms with Gasteiger partial charge in [0.1, 0.15) is 5.67 Å². The molecule has 0 aliphatic carbocycles. The molecule has 0 radical (unpaired) electrons. The van der Waals surface area contributed by atoms with Gasteiger partial charge in [0.2, 0.25) is 0 Å². The highest BCUT2D eigenvalue weighted by Crippen LogP contribution is 2.27.